The lowest BCUT2D eigenvalue weighted by Gasteiger charge is -2.27. The maximum Gasteiger partial charge on any atom is 0.414 e. The molecule has 1 rings (SSSR count). The molecule has 0 aliphatic rings. The third-order valence-corrected chi connectivity index (χ3v) is 2.41. The van der Waals surface area contributed by atoms with Crippen molar-refractivity contribution in [1.82, 2.24) is 0 Å². The van der Waals surface area contributed by atoms with Gasteiger partial charge in [-0.15, -0.1) is 0 Å². The number of rotatable bonds is 3. The Kier molecular flexibility index (Phi) is 4.70. The van der Waals surface area contributed by atoms with Crippen molar-refractivity contribution < 1.29 is 23.8 Å². The lowest BCUT2D eigenvalue weighted by molar-refractivity contribution is 0.0582. The summed E-state index contributed by atoms with van der Waals surface area (Å²) in [5, 5.41) is 9.11. The Morgan fingerprint density at radius 3 is 2.40 bits per heavy atom. The maximum atomic E-state index is 13.3. The number of amides is 1. The van der Waals surface area contributed by atoms with Crippen LogP contribution in [0.1, 0.15) is 38.1 Å². The fourth-order valence-electron chi connectivity index (χ4n) is 1.62. The number of hydrogen-bond donors (Lipinski definition) is 1. The molecule has 0 saturated carbocycles. The minimum atomic E-state index is -1.23. The first-order chi connectivity index (χ1) is 9.15. The summed E-state index contributed by atoms with van der Waals surface area (Å²) in [6, 6.07) is 3.17. The molecule has 0 spiro atoms. The van der Waals surface area contributed by atoms with Gasteiger partial charge in [-0.1, -0.05) is 0 Å². The van der Waals surface area contributed by atoms with E-state index in [4.69, 9.17) is 9.84 Å². The van der Waals surface area contributed by atoms with Crippen LogP contribution in [0.3, 0.4) is 0 Å². The number of nitrogens with zero attached hydrogens (tertiary/aromatic N) is 1. The van der Waals surface area contributed by atoms with Crippen molar-refractivity contribution in [2.45, 2.75) is 33.3 Å². The number of aromatic carboxylic acids is 1. The summed E-state index contributed by atoms with van der Waals surface area (Å²) in [6.45, 7) is 6.91. The standard InChI is InChI=1S/C14H18FNO4/c1-5-16(13(19)20-14(2,3)4)11-8-9(15)6-7-10(11)12(17)18/h6-8H,5H2,1-4H3,(H,17,18). The van der Waals surface area contributed by atoms with E-state index in [1.807, 2.05) is 0 Å². The number of ether oxygens (including phenoxy) is 1. The van der Waals surface area contributed by atoms with Gasteiger partial charge in [0, 0.05) is 6.54 Å². The van der Waals surface area contributed by atoms with Crippen molar-refractivity contribution in [3.8, 4) is 0 Å². The monoisotopic (exact) mass is 283 g/mol. The highest BCUT2D eigenvalue weighted by molar-refractivity contribution is 5.99. The van der Waals surface area contributed by atoms with Crippen LogP contribution >= 0.6 is 0 Å². The van der Waals surface area contributed by atoms with E-state index in [-0.39, 0.29) is 17.8 Å². The van der Waals surface area contributed by atoms with Crippen LogP contribution in [0, 0.1) is 5.82 Å². The van der Waals surface area contributed by atoms with E-state index in [0.29, 0.717) is 0 Å². The van der Waals surface area contributed by atoms with E-state index in [1.54, 1.807) is 27.7 Å². The van der Waals surface area contributed by atoms with E-state index in [0.717, 1.165) is 23.1 Å². The predicted octanol–water partition coefficient (Wildman–Crippen LogP) is 3.29. The summed E-state index contributed by atoms with van der Waals surface area (Å²) in [5.41, 5.74) is -0.894. The smallest absolute Gasteiger partial charge is 0.414 e. The number of carbonyl (C=O) groups excluding carboxylic acids is 1. The van der Waals surface area contributed by atoms with Crippen LogP contribution in [0.25, 0.3) is 0 Å². The molecule has 0 fully saturated rings. The lowest BCUT2D eigenvalue weighted by atomic mass is 10.1. The molecular weight excluding hydrogens is 265 g/mol. The molecule has 0 saturated heterocycles. The van der Waals surface area contributed by atoms with Crippen LogP contribution in [0.2, 0.25) is 0 Å². The Labute approximate surface area is 117 Å². The van der Waals surface area contributed by atoms with Crippen molar-refractivity contribution in [3.05, 3.63) is 29.6 Å². The third kappa shape index (κ3) is 3.94. The summed E-state index contributed by atoms with van der Waals surface area (Å²) < 4.78 is 18.5. The van der Waals surface area contributed by atoms with Crippen LogP contribution < -0.4 is 4.90 Å². The number of anilines is 1. The van der Waals surface area contributed by atoms with E-state index in [2.05, 4.69) is 0 Å². The zero-order chi connectivity index (χ0) is 15.5. The van der Waals surface area contributed by atoms with Gasteiger partial charge < -0.3 is 9.84 Å². The second-order valence-corrected chi connectivity index (χ2v) is 5.19. The molecule has 0 unspecified atom stereocenters. The molecule has 5 nitrogen and oxygen atoms in total. The molecule has 110 valence electrons. The minimum Gasteiger partial charge on any atom is -0.478 e. The van der Waals surface area contributed by atoms with Gasteiger partial charge in [0.25, 0.3) is 0 Å². The van der Waals surface area contributed by atoms with Crippen molar-refractivity contribution in [3.63, 3.8) is 0 Å². The molecule has 0 radical (unpaired) electrons. The van der Waals surface area contributed by atoms with Gasteiger partial charge in [0.2, 0.25) is 0 Å². The van der Waals surface area contributed by atoms with Crippen LogP contribution in [0.5, 0.6) is 0 Å². The molecule has 0 aromatic heterocycles. The molecule has 0 atom stereocenters. The fourth-order valence-corrected chi connectivity index (χ4v) is 1.62. The topological polar surface area (TPSA) is 66.8 Å². The summed E-state index contributed by atoms with van der Waals surface area (Å²) in [4.78, 5) is 24.3. The van der Waals surface area contributed by atoms with E-state index < -0.39 is 23.5 Å². The second-order valence-electron chi connectivity index (χ2n) is 5.19. The minimum absolute atomic E-state index is 0.0192. The maximum absolute atomic E-state index is 13.3. The molecule has 1 N–H and O–H groups in total. The molecule has 0 bridgehead atoms. The largest absolute Gasteiger partial charge is 0.478 e. The SMILES string of the molecule is CCN(C(=O)OC(C)(C)C)c1cc(F)ccc1C(=O)O. The third-order valence-electron chi connectivity index (χ3n) is 2.41. The van der Waals surface area contributed by atoms with Crippen molar-refractivity contribution >= 4 is 17.7 Å². The van der Waals surface area contributed by atoms with E-state index >= 15 is 0 Å². The Hall–Kier alpha value is -2.11. The normalized spacial score (nSPS) is 11.1. The van der Waals surface area contributed by atoms with Crippen molar-refractivity contribution in [1.29, 1.82) is 0 Å². The number of carboxylic acid groups (broad SMARTS) is 1. The summed E-state index contributed by atoms with van der Waals surface area (Å²) in [7, 11) is 0. The molecule has 20 heavy (non-hydrogen) atoms. The van der Waals surface area contributed by atoms with Crippen LogP contribution in [0.15, 0.2) is 18.2 Å². The average Bonchev–Trinajstić information content (AvgIpc) is 2.27. The highest BCUT2D eigenvalue weighted by atomic mass is 19.1. The van der Waals surface area contributed by atoms with Gasteiger partial charge in [-0.2, -0.15) is 0 Å². The van der Waals surface area contributed by atoms with Gasteiger partial charge in [-0.3, -0.25) is 4.90 Å². The second kappa shape index (κ2) is 5.90. The Bertz CT molecular complexity index is 522. The number of benzene rings is 1. The molecule has 0 aliphatic carbocycles. The fraction of sp³-hybridized carbons (Fsp3) is 0.429. The molecular formula is C14H18FNO4. The first-order valence-corrected chi connectivity index (χ1v) is 6.19. The van der Waals surface area contributed by atoms with Gasteiger partial charge >= 0.3 is 12.1 Å². The van der Waals surface area contributed by atoms with Gasteiger partial charge in [-0.05, 0) is 45.9 Å². The van der Waals surface area contributed by atoms with E-state index in [1.165, 1.54) is 0 Å². The van der Waals surface area contributed by atoms with Crippen LogP contribution in [-0.4, -0.2) is 29.3 Å². The predicted molar refractivity (Wildman–Crippen MR) is 72.6 cm³/mol. The molecule has 1 aromatic rings. The quantitative estimate of drug-likeness (QED) is 0.924. The Balaban J connectivity index is 3.21. The number of carboxylic acids is 1. The summed E-state index contributed by atoms with van der Waals surface area (Å²) >= 11 is 0. The molecule has 1 aromatic carbocycles. The Morgan fingerprint density at radius 2 is 1.95 bits per heavy atom. The zero-order valence-electron chi connectivity index (χ0n) is 11.9. The molecule has 1 amide bonds. The number of halogens is 1. The van der Waals surface area contributed by atoms with Crippen molar-refractivity contribution in [2.75, 3.05) is 11.4 Å². The van der Waals surface area contributed by atoms with Crippen molar-refractivity contribution in [2.24, 2.45) is 0 Å². The van der Waals surface area contributed by atoms with E-state index in [9.17, 15) is 14.0 Å². The summed E-state index contributed by atoms with van der Waals surface area (Å²) in [5.74, 6) is -1.85. The van der Waals surface area contributed by atoms with Gasteiger partial charge in [0.1, 0.15) is 11.4 Å². The number of carbonyl (C=O) groups is 2. The highest BCUT2D eigenvalue weighted by Crippen LogP contribution is 2.24. The molecule has 0 heterocycles. The summed E-state index contributed by atoms with van der Waals surface area (Å²) in [6.07, 6.45) is -0.715. The Morgan fingerprint density at radius 1 is 1.35 bits per heavy atom. The van der Waals surface area contributed by atoms with Gasteiger partial charge in [0.05, 0.1) is 11.3 Å². The number of hydrogen-bond acceptors (Lipinski definition) is 3. The van der Waals surface area contributed by atoms with Gasteiger partial charge in [0.15, 0.2) is 0 Å². The molecule has 0 aliphatic heterocycles. The zero-order valence-corrected chi connectivity index (χ0v) is 11.9. The van der Waals surface area contributed by atoms with Gasteiger partial charge in [-0.25, -0.2) is 14.0 Å². The average molecular weight is 283 g/mol. The lowest BCUT2D eigenvalue weighted by Crippen LogP contribution is -2.37. The first-order valence-electron chi connectivity index (χ1n) is 6.19. The molecule has 6 heteroatoms. The first kappa shape index (κ1) is 15.9. The highest BCUT2D eigenvalue weighted by Gasteiger charge is 2.25. The van der Waals surface area contributed by atoms with Crippen LogP contribution in [-0.2, 0) is 4.74 Å². The van der Waals surface area contributed by atoms with Crippen LogP contribution in [0.4, 0.5) is 14.9 Å².